The summed E-state index contributed by atoms with van der Waals surface area (Å²) in [6, 6.07) is 0. The van der Waals surface area contributed by atoms with Crippen LogP contribution in [0, 0.1) is 0 Å². The molecule has 0 heterocycles. The first kappa shape index (κ1) is 8.68. The standard InChI is InChI=1S/C6H6I2/c1-2-3-6(8)4-5-7/h2-5H,1H2/b5-4+,6-3+. The fraction of sp³-hybridized carbons (Fsp3) is 0. The number of rotatable bonds is 2. The van der Waals surface area contributed by atoms with Crippen LogP contribution in [0.3, 0.4) is 0 Å². The third-order valence-electron chi connectivity index (χ3n) is 0.499. The fourth-order valence-electron chi connectivity index (χ4n) is 0.228. The molecule has 0 aliphatic carbocycles. The first-order chi connectivity index (χ1) is 3.81. The van der Waals surface area contributed by atoms with Crippen molar-refractivity contribution in [2.45, 2.75) is 0 Å². The molecule has 2 heteroatoms. The summed E-state index contributed by atoms with van der Waals surface area (Å²) in [4.78, 5) is 0. The summed E-state index contributed by atoms with van der Waals surface area (Å²) in [5, 5.41) is 0. The van der Waals surface area contributed by atoms with Crippen molar-refractivity contribution in [3.63, 3.8) is 0 Å². The minimum Gasteiger partial charge on any atom is -0.0990 e. The average Bonchev–Trinajstić information content (AvgIpc) is 1.68. The molecule has 0 saturated heterocycles. The predicted molar refractivity (Wildman–Crippen MR) is 55.5 cm³/mol. The van der Waals surface area contributed by atoms with E-state index in [0.717, 1.165) is 0 Å². The van der Waals surface area contributed by atoms with Crippen molar-refractivity contribution in [2.24, 2.45) is 0 Å². The van der Waals surface area contributed by atoms with E-state index in [-0.39, 0.29) is 0 Å². The van der Waals surface area contributed by atoms with E-state index in [1.54, 1.807) is 6.08 Å². The van der Waals surface area contributed by atoms with Gasteiger partial charge in [-0.05, 0) is 38.8 Å². The van der Waals surface area contributed by atoms with Crippen LogP contribution in [0.2, 0.25) is 0 Å². The van der Waals surface area contributed by atoms with Gasteiger partial charge < -0.3 is 0 Å². The molecule has 0 nitrogen and oxygen atoms in total. The van der Waals surface area contributed by atoms with Crippen LogP contribution in [-0.4, -0.2) is 0 Å². The SMILES string of the molecule is C=C/C=C(I)\C=C\I. The third kappa shape index (κ3) is 4.83. The molecule has 0 aromatic rings. The molecule has 0 fully saturated rings. The van der Waals surface area contributed by atoms with Crippen molar-refractivity contribution in [3.8, 4) is 0 Å². The average molecular weight is 332 g/mol. The summed E-state index contributed by atoms with van der Waals surface area (Å²) >= 11 is 4.42. The Morgan fingerprint density at radius 2 is 2.12 bits per heavy atom. The lowest BCUT2D eigenvalue weighted by molar-refractivity contribution is 1.95. The monoisotopic (exact) mass is 332 g/mol. The Morgan fingerprint density at radius 1 is 1.50 bits per heavy atom. The Labute approximate surface area is 77.0 Å². The zero-order chi connectivity index (χ0) is 6.41. The Kier molecular flexibility index (Phi) is 6.30. The second-order valence-corrected chi connectivity index (χ2v) is 3.04. The van der Waals surface area contributed by atoms with E-state index in [1.807, 2.05) is 16.2 Å². The quantitative estimate of drug-likeness (QED) is 0.537. The van der Waals surface area contributed by atoms with Crippen LogP contribution in [0.5, 0.6) is 0 Å². The van der Waals surface area contributed by atoms with E-state index in [9.17, 15) is 0 Å². The normalized spacial score (nSPS) is 12.5. The van der Waals surface area contributed by atoms with Gasteiger partial charge in [0.15, 0.2) is 0 Å². The second kappa shape index (κ2) is 5.81. The molecule has 0 radical (unpaired) electrons. The highest BCUT2D eigenvalue weighted by Crippen LogP contribution is 2.07. The molecule has 0 saturated carbocycles. The van der Waals surface area contributed by atoms with E-state index >= 15 is 0 Å². The van der Waals surface area contributed by atoms with Crippen LogP contribution in [0.4, 0.5) is 0 Å². The second-order valence-electron chi connectivity index (χ2n) is 1.08. The highest BCUT2D eigenvalue weighted by molar-refractivity contribution is 14.1. The van der Waals surface area contributed by atoms with Crippen molar-refractivity contribution >= 4 is 45.2 Å². The summed E-state index contributed by atoms with van der Waals surface area (Å²) in [5.41, 5.74) is 0. The molecule has 0 aliphatic rings. The van der Waals surface area contributed by atoms with Gasteiger partial charge in [-0.2, -0.15) is 0 Å². The maximum Gasteiger partial charge on any atom is 0.0134 e. The first-order valence-corrected chi connectivity index (χ1v) is 4.38. The Balaban J connectivity index is 3.79. The maximum atomic E-state index is 3.57. The predicted octanol–water partition coefficient (Wildman–Crippen LogP) is 3.44. The van der Waals surface area contributed by atoms with Gasteiger partial charge in [-0.3, -0.25) is 0 Å². The minimum absolute atomic E-state index is 1.20. The zero-order valence-electron chi connectivity index (χ0n) is 4.27. The van der Waals surface area contributed by atoms with Crippen molar-refractivity contribution in [2.75, 3.05) is 0 Å². The summed E-state index contributed by atoms with van der Waals surface area (Å²) in [6.07, 6.45) is 5.75. The van der Waals surface area contributed by atoms with Gasteiger partial charge in [0, 0.05) is 3.58 Å². The molecule has 0 aliphatic heterocycles. The van der Waals surface area contributed by atoms with Crippen molar-refractivity contribution in [1.29, 1.82) is 0 Å². The fourth-order valence-corrected chi connectivity index (χ4v) is 1.74. The molecule has 44 valence electrons. The van der Waals surface area contributed by atoms with Gasteiger partial charge in [-0.1, -0.05) is 35.2 Å². The van der Waals surface area contributed by atoms with Crippen LogP contribution in [0.15, 0.2) is 32.5 Å². The number of allylic oxidation sites excluding steroid dienone is 4. The van der Waals surface area contributed by atoms with E-state index in [1.165, 1.54) is 3.58 Å². The Morgan fingerprint density at radius 3 is 2.50 bits per heavy atom. The Hall–Kier alpha value is 0.680. The van der Waals surface area contributed by atoms with Crippen LogP contribution >= 0.6 is 45.2 Å². The molecule has 0 N–H and O–H groups in total. The van der Waals surface area contributed by atoms with Gasteiger partial charge in [0.2, 0.25) is 0 Å². The van der Waals surface area contributed by atoms with E-state index < -0.39 is 0 Å². The summed E-state index contributed by atoms with van der Waals surface area (Å²) < 4.78 is 3.17. The number of halogens is 2. The van der Waals surface area contributed by atoms with E-state index in [4.69, 9.17) is 0 Å². The molecule has 8 heavy (non-hydrogen) atoms. The zero-order valence-corrected chi connectivity index (χ0v) is 8.59. The summed E-state index contributed by atoms with van der Waals surface area (Å²) in [5.74, 6) is 0. The lowest BCUT2D eigenvalue weighted by Crippen LogP contribution is -1.54. The lowest BCUT2D eigenvalue weighted by Gasteiger charge is -1.79. The van der Waals surface area contributed by atoms with E-state index in [2.05, 4.69) is 51.8 Å². The first-order valence-electron chi connectivity index (χ1n) is 2.06. The molecular formula is C6H6I2. The third-order valence-corrected chi connectivity index (χ3v) is 1.58. The van der Waals surface area contributed by atoms with Gasteiger partial charge in [0.1, 0.15) is 0 Å². The van der Waals surface area contributed by atoms with Gasteiger partial charge >= 0.3 is 0 Å². The molecule has 0 amide bonds. The highest BCUT2D eigenvalue weighted by atomic mass is 127. The summed E-state index contributed by atoms with van der Waals surface area (Å²) in [7, 11) is 0. The van der Waals surface area contributed by atoms with Crippen LogP contribution in [0.25, 0.3) is 0 Å². The van der Waals surface area contributed by atoms with Crippen molar-refractivity contribution < 1.29 is 0 Å². The smallest absolute Gasteiger partial charge is 0.0134 e. The van der Waals surface area contributed by atoms with Gasteiger partial charge in [0.25, 0.3) is 0 Å². The maximum absolute atomic E-state index is 3.57. The number of hydrogen-bond donors (Lipinski definition) is 0. The van der Waals surface area contributed by atoms with Gasteiger partial charge in [0.05, 0.1) is 0 Å². The molecular weight excluding hydrogens is 326 g/mol. The molecule has 0 aromatic carbocycles. The largest absolute Gasteiger partial charge is 0.0990 e. The topological polar surface area (TPSA) is 0 Å². The molecule has 0 spiro atoms. The molecule has 0 bridgehead atoms. The van der Waals surface area contributed by atoms with Crippen LogP contribution in [0.1, 0.15) is 0 Å². The minimum atomic E-state index is 1.20. The summed E-state index contributed by atoms with van der Waals surface area (Å²) in [6.45, 7) is 3.57. The molecule has 0 aromatic heterocycles. The molecule has 0 unspecified atom stereocenters. The molecule has 0 atom stereocenters. The van der Waals surface area contributed by atoms with Crippen molar-refractivity contribution in [3.05, 3.63) is 32.5 Å². The number of hydrogen-bond acceptors (Lipinski definition) is 0. The lowest BCUT2D eigenvalue weighted by atomic mass is 10.5. The van der Waals surface area contributed by atoms with Gasteiger partial charge in [-0.25, -0.2) is 0 Å². The highest BCUT2D eigenvalue weighted by Gasteiger charge is 1.75. The molecule has 0 rings (SSSR count). The Bertz CT molecular complexity index is 122. The van der Waals surface area contributed by atoms with E-state index in [0.29, 0.717) is 0 Å². The van der Waals surface area contributed by atoms with Crippen LogP contribution < -0.4 is 0 Å². The van der Waals surface area contributed by atoms with Gasteiger partial charge in [-0.15, -0.1) is 0 Å². The van der Waals surface area contributed by atoms with Crippen molar-refractivity contribution in [1.82, 2.24) is 0 Å². The van der Waals surface area contributed by atoms with Crippen LogP contribution in [-0.2, 0) is 0 Å².